The molecule has 1 aromatic heterocycles. The molecule has 2 rings (SSSR count). The molecule has 0 unspecified atom stereocenters. The van der Waals surface area contributed by atoms with Crippen LogP contribution >= 0.6 is 0 Å². The van der Waals surface area contributed by atoms with Crippen LogP contribution in [0.15, 0.2) is 24.3 Å². The molecule has 6 nitrogen and oxygen atoms in total. The van der Waals surface area contributed by atoms with Gasteiger partial charge in [-0.25, -0.2) is 0 Å². The molecule has 0 atom stereocenters. The number of ether oxygens (including phenoxy) is 1. The first-order valence-corrected chi connectivity index (χ1v) is 6.13. The fourth-order valence-corrected chi connectivity index (χ4v) is 1.77. The SMILES string of the molecule is CCCc1ccccc1Nc1nc(N)nc(OC)n1. The number of hydrogen-bond acceptors (Lipinski definition) is 6. The summed E-state index contributed by atoms with van der Waals surface area (Å²) in [6.07, 6.45) is 2.06. The zero-order valence-electron chi connectivity index (χ0n) is 11.1. The van der Waals surface area contributed by atoms with Crippen molar-refractivity contribution >= 4 is 17.6 Å². The Labute approximate surface area is 112 Å². The van der Waals surface area contributed by atoms with Crippen LogP contribution in [0.2, 0.25) is 0 Å². The van der Waals surface area contributed by atoms with E-state index in [0.29, 0.717) is 5.95 Å². The van der Waals surface area contributed by atoms with Crippen LogP contribution in [0.5, 0.6) is 6.01 Å². The van der Waals surface area contributed by atoms with Crippen molar-refractivity contribution in [2.24, 2.45) is 0 Å². The first kappa shape index (κ1) is 13.1. The smallest absolute Gasteiger partial charge is 0.322 e. The molecular formula is C13H17N5O. The molecular weight excluding hydrogens is 242 g/mol. The molecule has 100 valence electrons. The van der Waals surface area contributed by atoms with E-state index in [1.165, 1.54) is 12.7 Å². The second-order valence-corrected chi connectivity index (χ2v) is 4.04. The van der Waals surface area contributed by atoms with Gasteiger partial charge < -0.3 is 15.8 Å². The van der Waals surface area contributed by atoms with Crippen molar-refractivity contribution < 1.29 is 4.74 Å². The van der Waals surface area contributed by atoms with Gasteiger partial charge in [0.05, 0.1) is 7.11 Å². The number of methoxy groups -OCH3 is 1. The predicted octanol–water partition coefficient (Wildman–Crippen LogP) is 2.16. The van der Waals surface area contributed by atoms with Gasteiger partial charge in [0.2, 0.25) is 11.9 Å². The van der Waals surface area contributed by atoms with E-state index in [0.717, 1.165) is 18.5 Å². The van der Waals surface area contributed by atoms with Crippen LogP contribution in [-0.4, -0.2) is 22.1 Å². The molecule has 19 heavy (non-hydrogen) atoms. The Hall–Kier alpha value is -2.37. The van der Waals surface area contributed by atoms with E-state index in [1.54, 1.807) is 0 Å². The molecule has 6 heteroatoms. The summed E-state index contributed by atoms with van der Waals surface area (Å²) in [5, 5.41) is 3.15. The summed E-state index contributed by atoms with van der Waals surface area (Å²) in [5.74, 6) is 0.509. The van der Waals surface area contributed by atoms with Gasteiger partial charge in [-0.1, -0.05) is 31.5 Å². The second kappa shape index (κ2) is 5.99. The van der Waals surface area contributed by atoms with E-state index in [4.69, 9.17) is 10.5 Å². The molecule has 0 saturated carbocycles. The quantitative estimate of drug-likeness (QED) is 0.855. The van der Waals surface area contributed by atoms with Crippen LogP contribution in [0.1, 0.15) is 18.9 Å². The van der Waals surface area contributed by atoms with Gasteiger partial charge in [0.25, 0.3) is 0 Å². The van der Waals surface area contributed by atoms with Crippen LogP contribution in [0.3, 0.4) is 0 Å². The number of nitrogens with zero attached hydrogens (tertiary/aromatic N) is 3. The van der Waals surface area contributed by atoms with Gasteiger partial charge in [-0.05, 0) is 18.1 Å². The van der Waals surface area contributed by atoms with Crippen LogP contribution in [0, 0.1) is 0 Å². The molecule has 0 radical (unpaired) electrons. The van der Waals surface area contributed by atoms with Crippen LogP contribution in [0.25, 0.3) is 0 Å². The lowest BCUT2D eigenvalue weighted by molar-refractivity contribution is 0.380. The first-order chi connectivity index (χ1) is 9.22. The van der Waals surface area contributed by atoms with Gasteiger partial charge >= 0.3 is 6.01 Å². The number of nitrogens with one attached hydrogen (secondary N) is 1. The first-order valence-electron chi connectivity index (χ1n) is 6.13. The van der Waals surface area contributed by atoms with Crippen molar-refractivity contribution in [2.75, 3.05) is 18.2 Å². The summed E-state index contributed by atoms with van der Waals surface area (Å²) in [5.41, 5.74) is 7.78. The summed E-state index contributed by atoms with van der Waals surface area (Å²) in [6, 6.07) is 8.23. The maximum Gasteiger partial charge on any atom is 0.322 e. The zero-order valence-corrected chi connectivity index (χ0v) is 11.1. The van der Waals surface area contributed by atoms with Crippen LogP contribution < -0.4 is 15.8 Å². The van der Waals surface area contributed by atoms with Crippen LogP contribution in [-0.2, 0) is 6.42 Å². The number of nitrogen functional groups attached to an aromatic ring is 1. The third kappa shape index (κ3) is 3.31. The molecule has 1 heterocycles. The Morgan fingerprint density at radius 1 is 1.21 bits per heavy atom. The Bertz CT molecular complexity index is 558. The Balaban J connectivity index is 2.28. The summed E-state index contributed by atoms with van der Waals surface area (Å²) in [4.78, 5) is 12.0. The number of aromatic nitrogens is 3. The minimum absolute atomic E-state index is 0.127. The summed E-state index contributed by atoms with van der Waals surface area (Å²) < 4.78 is 4.97. The number of para-hydroxylation sites is 1. The molecule has 0 aliphatic carbocycles. The Kier molecular flexibility index (Phi) is 4.12. The molecule has 1 aromatic carbocycles. The lowest BCUT2D eigenvalue weighted by Gasteiger charge is -2.10. The standard InChI is InChI=1S/C13H17N5O/c1-3-6-9-7-4-5-8-10(9)15-12-16-11(14)17-13(18-12)19-2/h4-5,7-8H,3,6H2,1-2H3,(H3,14,15,16,17,18). The van der Waals surface area contributed by atoms with Crippen molar-refractivity contribution in [3.05, 3.63) is 29.8 Å². The van der Waals surface area contributed by atoms with E-state index in [1.807, 2.05) is 18.2 Å². The molecule has 0 bridgehead atoms. The number of aryl methyl sites for hydroxylation is 1. The second-order valence-electron chi connectivity index (χ2n) is 4.04. The summed E-state index contributed by atoms with van der Waals surface area (Å²) >= 11 is 0. The number of hydrogen-bond donors (Lipinski definition) is 2. The number of rotatable bonds is 5. The zero-order chi connectivity index (χ0) is 13.7. The highest BCUT2D eigenvalue weighted by molar-refractivity contribution is 5.59. The van der Waals surface area contributed by atoms with Gasteiger partial charge in [0, 0.05) is 5.69 Å². The van der Waals surface area contributed by atoms with Crippen molar-refractivity contribution in [1.82, 2.24) is 15.0 Å². The topological polar surface area (TPSA) is 86.0 Å². The molecule has 0 spiro atoms. The highest BCUT2D eigenvalue weighted by Gasteiger charge is 2.07. The average Bonchev–Trinajstić information content (AvgIpc) is 2.40. The normalized spacial score (nSPS) is 10.2. The summed E-state index contributed by atoms with van der Waals surface area (Å²) in [7, 11) is 1.49. The molecule has 0 amide bonds. The average molecular weight is 259 g/mol. The third-order valence-electron chi connectivity index (χ3n) is 2.60. The molecule has 0 saturated heterocycles. The van der Waals surface area contributed by atoms with Crippen molar-refractivity contribution in [3.63, 3.8) is 0 Å². The van der Waals surface area contributed by atoms with Crippen LogP contribution in [0.4, 0.5) is 17.6 Å². The lowest BCUT2D eigenvalue weighted by atomic mass is 10.1. The summed E-state index contributed by atoms with van der Waals surface area (Å²) in [6.45, 7) is 2.14. The molecule has 3 N–H and O–H groups in total. The Morgan fingerprint density at radius 2 is 2.00 bits per heavy atom. The monoisotopic (exact) mass is 259 g/mol. The maximum absolute atomic E-state index is 5.60. The van der Waals surface area contributed by atoms with Gasteiger partial charge in [0.15, 0.2) is 0 Å². The van der Waals surface area contributed by atoms with Gasteiger partial charge in [-0.3, -0.25) is 0 Å². The highest BCUT2D eigenvalue weighted by atomic mass is 16.5. The number of nitrogens with two attached hydrogens (primary N) is 1. The lowest BCUT2D eigenvalue weighted by Crippen LogP contribution is -2.06. The van der Waals surface area contributed by atoms with Crippen molar-refractivity contribution in [2.45, 2.75) is 19.8 Å². The van der Waals surface area contributed by atoms with Crippen molar-refractivity contribution in [3.8, 4) is 6.01 Å². The largest absolute Gasteiger partial charge is 0.467 e. The minimum atomic E-state index is 0.127. The third-order valence-corrected chi connectivity index (χ3v) is 2.60. The van der Waals surface area contributed by atoms with E-state index in [2.05, 4.69) is 33.3 Å². The number of anilines is 3. The minimum Gasteiger partial charge on any atom is -0.467 e. The number of benzene rings is 1. The van der Waals surface area contributed by atoms with Crippen molar-refractivity contribution in [1.29, 1.82) is 0 Å². The van der Waals surface area contributed by atoms with E-state index >= 15 is 0 Å². The van der Waals surface area contributed by atoms with Gasteiger partial charge in [-0.15, -0.1) is 0 Å². The fourth-order valence-electron chi connectivity index (χ4n) is 1.77. The van der Waals surface area contributed by atoms with Gasteiger partial charge in [-0.2, -0.15) is 15.0 Å². The molecule has 0 aliphatic heterocycles. The molecule has 0 fully saturated rings. The van der Waals surface area contributed by atoms with E-state index < -0.39 is 0 Å². The van der Waals surface area contributed by atoms with Gasteiger partial charge in [0.1, 0.15) is 0 Å². The molecule has 0 aliphatic rings. The molecule has 2 aromatic rings. The van der Waals surface area contributed by atoms with E-state index in [-0.39, 0.29) is 12.0 Å². The Morgan fingerprint density at radius 3 is 2.74 bits per heavy atom. The highest BCUT2D eigenvalue weighted by Crippen LogP contribution is 2.21. The van der Waals surface area contributed by atoms with E-state index in [9.17, 15) is 0 Å². The maximum atomic E-state index is 5.60. The fraction of sp³-hybridized carbons (Fsp3) is 0.308. The predicted molar refractivity (Wildman–Crippen MR) is 74.5 cm³/mol.